The van der Waals surface area contributed by atoms with Gasteiger partial charge in [0.25, 0.3) is 0 Å². The van der Waals surface area contributed by atoms with Crippen molar-refractivity contribution in [3.8, 4) is 0 Å². The minimum Gasteiger partial charge on any atom is -0.291 e. The molecule has 2 aromatic heterocycles. The van der Waals surface area contributed by atoms with Crippen molar-refractivity contribution >= 4 is 11.5 Å². The van der Waals surface area contributed by atoms with Crippen LogP contribution in [0.25, 0.3) is 0 Å². The second kappa shape index (κ2) is 4.78. The highest BCUT2D eigenvalue weighted by molar-refractivity contribution is 7.05. The average molecular weight is 263 g/mol. The molecule has 1 aliphatic carbocycles. The molecule has 1 fully saturated rings. The predicted molar refractivity (Wildman–Crippen MR) is 70.1 cm³/mol. The molecule has 2 heterocycles. The van der Waals surface area contributed by atoms with Crippen LogP contribution in [0.15, 0.2) is 12.4 Å². The van der Waals surface area contributed by atoms with Gasteiger partial charge >= 0.3 is 0 Å². The van der Waals surface area contributed by atoms with E-state index in [-0.39, 0.29) is 0 Å². The maximum Gasteiger partial charge on any atom is 0.0769 e. The molecule has 96 valence electrons. The number of rotatable bonds is 5. The van der Waals surface area contributed by atoms with Crippen molar-refractivity contribution in [1.82, 2.24) is 24.3 Å². The molecule has 0 aliphatic heterocycles. The molecule has 18 heavy (non-hydrogen) atoms. The number of hydrogen-bond acceptors (Lipinski definition) is 5. The second-order valence-corrected chi connectivity index (χ2v) is 5.78. The van der Waals surface area contributed by atoms with Crippen LogP contribution in [-0.4, -0.2) is 30.3 Å². The van der Waals surface area contributed by atoms with Crippen LogP contribution in [0.3, 0.4) is 0 Å². The van der Waals surface area contributed by atoms with Gasteiger partial charge in [-0.25, -0.2) is 0 Å². The zero-order valence-corrected chi connectivity index (χ0v) is 11.5. The Morgan fingerprint density at radius 2 is 2.28 bits per heavy atom. The van der Waals surface area contributed by atoms with E-state index >= 15 is 0 Å². The number of nitrogens with zero attached hydrogens (tertiary/aromatic N) is 5. The Kier molecular flexibility index (Phi) is 3.13. The molecule has 0 unspecified atom stereocenters. The molecule has 0 N–H and O–H groups in total. The Bertz CT molecular complexity index is 528. The van der Waals surface area contributed by atoms with E-state index in [0.717, 1.165) is 24.8 Å². The molecule has 0 atom stereocenters. The van der Waals surface area contributed by atoms with E-state index in [1.807, 2.05) is 24.9 Å². The lowest BCUT2D eigenvalue weighted by molar-refractivity contribution is 0.247. The van der Waals surface area contributed by atoms with Crippen LogP contribution in [0.4, 0.5) is 0 Å². The van der Waals surface area contributed by atoms with Crippen LogP contribution in [0, 0.1) is 6.92 Å². The Hall–Kier alpha value is -1.27. The van der Waals surface area contributed by atoms with Gasteiger partial charge < -0.3 is 0 Å². The standard InChI is InChI=1S/C12H17N5S/c1-9-12(18-15-14-9)8-17(11-3-4-11)7-10-5-13-16(2)6-10/h5-6,11H,3-4,7-8H2,1-2H3. The van der Waals surface area contributed by atoms with Crippen molar-refractivity contribution in [2.45, 2.75) is 38.9 Å². The molecule has 3 rings (SSSR count). The van der Waals surface area contributed by atoms with Gasteiger partial charge in [-0.1, -0.05) is 4.49 Å². The van der Waals surface area contributed by atoms with Crippen molar-refractivity contribution in [2.24, 2.45) is 7.05 Å². The molecule has 0 aromatic carbocycles. The van der Waals surface area contributed by atoms with E-state index in [0.29, 0.717) is 0 Å². The van der Waals surface area contributed by atoms with Gasteiger partial charge in [0.1, 0.15) is 0 Å². The number of hydrogen-bond donors (Lipinski definition) is 0. The third-order valence-corrected chi connectivity index (χ3v) is 4.11. The molecule has 0 radical (unpaired) electrons. The Morgan fingerprint density at radius 1 is 1.44 bits per heavy atom. The highest BCUT2D eigenvalue weighted by Gasteiger charge is 2.29. The van der Waals surface area contributed by atoms with Crippen molar-refractivity contribution in [3.05, 3.63) is 28.5 Å². The summed E-state index contributed by atoms with van der Waals surface area (Å²) in [6.45, 7) is 3.97. The number of aromatic nitrogens is 4. The van der Waals surface area contributed by atoms with Gasteiger partial charge in [-0.3, -0.25) is 9.58 Å². The van der Waals surface area contributed by atoms with Crippen LogP contribution in [0.5, 0.6) is 0 Å². The summed E-state index contributed by atoms with van der Waals surface area (Å²) in [5.41, 5.74) is 2.34. The largest absolute Gasteiger partial charge is 0.291 e. The van der Waals surface area contributed by atoms with E-state index in [1.165, 1.54) is 34.8 Å². The molecular formula is C12H17N5S. The van der Waals surface area contributed by atoms with E-state index in [4.69, 9.17) is 0 Å². The summed E-state index contributed by atoms with van der Waals surface area (Å²) in [5.74, 6) is 0. The first-order valence-electron chi connectivity index (χ1n) is 6.22. The Balaban J connectivity index is 1.71. The zero-order chi connectivity index (χ0) is 12.5. The lowest BCUT2D eigenvalue weighted by Crippen LogP contribution is -2.24. The quantitative estimate of drug-likeness (QED) is 0.824. The fourth-order valence-electron chi connectivity index (χ4n) is 2.12. The SMILES string of the molecule is Cc1nnsc1CN(Cc1cnn(C)c1)C1CC1. The van der Waals surface area contributed by atoms with Crippen LogP contribution in [0.2, 0.25) is 0 Å². The van der Waals surface area contributed by atoms with Gasteiger partial charge in [0, 0.05) is 37.9 Å². The molecule has 1 saturated carbocycles. The summed E-state index contributed by atoms with van der Waals surface area (Å²) in [6, 6.07) is 0.728. The Labute approximate surface area is 111 Å². The van der Waals surface area contributed by atoms with E-state index in [9.17, 15) is 0 Å². The van der Waals surface area contributed by atoms with E-state index in [2.05, 4.69) is 25.8 Å². The molecule has 5 nitrogen and oxygen atoms in total. The average Bonchev–Trinajstić information content (AvgIpc) is 3.00. The zero-order valence-electron chi connectivity index (χ0n) is 10.7. The fourth-order valence-corrected chi connectivity index (χ4v) is 2.78. The van der Waals surface area contributed by atoms with Gasteiger partial charge in [0.15, 0.2) is 0 Å². The molecule has 0 saturated heterocycles. The molecule has 0 spiro atoms. The van der Waals surface area contributed by atoms with E-state index in [1.54, 1.807) is 0 Å². The maximum atomic E-state index is 4.23. The van der Waals surface area contributed by atoms with Crippen LogP contribution < -0.4 is 0 Å². The minimum atomic E-state index is 0.728. The molecule has 1 aliphatic rings. The molecule has 0 amide bonds. The number of aryl methyl sites for hydroxylation is 2. The monoisotopic (exact) mass is 263 g/mol. The minimum absolute atomic E-state index is 0.728. The summed E-state index contributed by atoms with van der Waals surface area (Å²) in [4.78, 5) is 3.80. The molecular weight excluding hydrogens is 246 g/mol. The Morgan fingerprint density at radius 3 is 2.83 bits per heavy atom. The van der Waals surface area contributed by atoms with Gasteiger partial charge in [0.05, 0.1) is 16.8 Å². The van der Waals surface area contributed by atoms with Crippen LogP contribution >= 0.6 is 11.5 Å². The first-order valence-corrected chi connectivity index (χ1v) is 6.99. The smallest absolute Gasteiger partial charge is 0.0769 e. The normalized spacial score (nSPS) is 15.5. The lowest BCUT2D eigenvalue weighted by Gasteiger charge is -2.20. The van der Waals surface area contributed by atoms with Crippen molar-refractivity contribution in [1.29, 1.82) is 0 Å². The van der Waals surface area contributed by atoms with E-state index < -0.39 is 0 Å². The lowest BCUT2D eigenvalue weighted by atomic mass is 10.3. The first kappa shape index (κ1) is 11.8. The topological polar surface area (TPSA) is 46.8 Å². The van der Waals surface area contributed by atoms with Crippen molar-refractivity contribution in [2.75, 3.05) is 0 Å². The van der Waals surface area contributed by atoms with Gasteiger partial charge in [-0.2, -0.15) is 5.10 Å². The summed E-state index contributed by atoms with van der Waals surface area (Å²) in [6.07, 6.45) is 6.66. The summed E-state index contributed by atoms with van der Waals surface area (Å²) < 4.78 is 5.88. The fraction of sp³-hybridized carbons (Fsp3) is 0.583. The maximum absolute atomic E-state index is 4.23. The summed E-state index contributed by atoms with van der Waals surface area (Å²) in [5, 5.41) is 8.32. The third kappa shape index (κ3) is 2.59. The van der Waals surface area contributed by atoms with Crippen LogP contribution in [0.1, 0.15) is 29.0 Å². The van der Waals surface area contributed by atoms with Gasteiger partial charge in [0.2, 0.25) is 0 Å². The first-order chi connectivity index (χ1) is 8.72. The highest BCUT2D eigenvalue weighted by Crippen LogP contribution is 2.30. The van der Waals surface area contributed by atoms with Crippen molar-refractivity contribution in [3.63, 3.8) is 0 Å². The van der Waals surface area contributed by atoms with Crippen LogP contribution in [-0.2, 0) is 20.1 Å². The third-order valence-electron chi connectivity index (χ3n) is 3.30. The summed E-state index contributed by atoms with van der Waals surface area (Å²) in [7, 11) is 1.96. The molecule has 6 heteroatoms. The second-order valence-electron chi connectivity index (χ2n) is 4.94. The van der Waals surface area contributed by atoms with Gasteiger partial charge in [-0.15, -0.1) is 5.10 Å². The molecule has 2 aromatic rings. The molecule has 0 bridgehead atoms. The van der Waals surface area contributed by atoms with Crippen molar-refractivity contribution < 1.29 is 0 Å². The predicted octanol–water partition coefficient (Wildman–Crippen LogP) is 1.74. The summed E-state index contributed by atoms with van der Waals surface area (Å²) >= 11 is 1.52. The highest BCUT2D eigenvalue weighted by atomic mass is 32.1. The van der Waals surface area contributed by atoms with Gasteiger partial charge in [-0.05, 0) is 31.3 Å².